The number of aromatic nitrogens is 2. The van der Waals surface area contributed by atoms with E-state index in [2.05, 4.69) is 34.7 Å². The predicted octanol–water partition coefficient (Wildman–Crippen LogP) is 2.38. The first-order valence-electron chi connectivity index (χ1n) is 8.72. The van der Waals surface area contributed by atoms with Crippen LogP contribution in [0.2, 0.25) is 0 Å². The van der Waals surface area contributed by atoms with E-state index in [9.17, 15) is 4.79 Å². The Morgan fingerprint density at radius 3 is 2.67 bits per heavy atom. The Kier molecular flexibility index (Phi) is 3.92. The highest BCUT2D eigenvalue weighted by Gasteiger charge is 2.35. The van der Waals surface area contributed by atoms with E-state index in [1.54, 1.807) is 0 Å². The summed E-state index contributed by atoms with van der Waals surface area (Å²) in [6.07, 6.45) is 1.89. The Bertz CT molecular complexity index is 749. The number of carbonyl (C=O) groups is 1. The SMILES string of the molecule is CC1CN(C2CCN(Cc3nc4ccccc4n3C)CC2)C(=O)O1. The summed E-state index contributed by atoms with van der Waals surface area (Å²) in [6.45, 7) is 5.53. The Balaban J connectivity index is 1.39. The molecular formula is C18H24N4O2. The number of carbonyl (C=O) groups excluding carboxylic acids is 1. The molecular weight excluding hydrogens is 304 g/mol. The minimum atomic E-state index is -0.142. The van der Waals surface area contributed by atoms with E-state index in [4.69, 9.17) is 9.72 Å². The summed E-state index contributed by atoms with van der Waals surface area (Å²) in [5, 5.41) is 0. The van der Waals surface area contributed by atoms with Crippen LogP contribution in [0.5, 0.6) is 0 Å². The maximum atomic E-state index is 11.9. The molecule has 2 aliphatic rings. The average Bonchev–Trinajstić information content (AvgIpc) is 3.08. The summed E-state index contributed by atoms with van der Waals surface area (Å²) in [6, 6.07) is 8.57. The van der Waals surface area contributed by atoms with Crippen molar-refractivity contribution in [2.24, 2.45) is 7.05 Å². The van der Waals surface area contributed by atoms with Crippen molar-refractivity contribution < 1.29 is 9.53 Å². The molecule has 4 rings (SSSR count). The fraction of sp³-hybridized carbons (Fsp3) is 0.556. The van der Waals surface area contributed by atoms with E-state index in [1.807, 2.05) is 17.9 Å². The van der Waals surface area contributed by atoms with Gasteiger partial charge in [0.05, 0.1) is 24.1 Å². The third kappa shape index (κ3) is 2.75. The molecule has 1 unspecified atom stereocenters. The molecule has 3 heterocycles. The van der Waals surface area contributed by atoms with E-state index in [-0.39, 0.29) is 12.2 Å². The van der Waals surface area contributed by atoms with Crippen LogP contribution < -0.4 is 0 Å². The second kappa shape index (κ2) is 6.09. The smallest absolute Gasteiger partial charge is 0.410 e. The molecule has 2 fully saturated rings. The number of para-hydroxylation sites is 2. The molecule has 6 nitrogen and oxygen atoms in total. The fourth-order valence-electron chi connectivity index (χ4n) is 3.85. The van der Waals surface area contributed by atoms with Crippen molar-refractivity contribution in [3.63, 3.8) is 0 Å². The van der Waals surface area contributed by atoms with Crippen molar-refractivity contribution in [2.75, 3.05) is 19.6 Å². The normalized spacial score (nSPS) is 23.2. The number of rotatable bonds is 3. The zero-order valence-electron chi connectivity index (χ0n) is 14.3. The topological polar surface area (TPSA) is 50.6 Å². The number of aryl methyl sites for hydroxylation is 1. The van der Waals surface area contributed by atoms with Gasteiger partial charge in [0.1, 0.15) is 11.9 Å². The Hall–Kier alpha value is -2.08. The molecule has 0 N–H and O–H groups in total. The fourth-order valence-corrected chi connectivity index (χ4v) is 3.85. The lowest BCUT2D eigenvalue weighted by Crippen LogP contribution is -2.45. The lowest BCUT2D eigenvalue weighted by Gasteiger charge is -2.35. The first kappa shape index (κ1) is 15.4. The number of cyclic esters (lactones) is 1. The van der Waals surface area contributed by atoms with Crippen LogP contribution in [0.4, 0.5) is 4.79 Å². The number of piperidine rings is 1. The van der Waals surface area contributed by atoms with E-state index in [1.165, 1.54) is 5.52 Å². The van der Waals surface area contributed by atoms with Gasteiger partial charge < -0.3 is 14.2 Å². The number of benzene rings is 1. The van der Waals surface area contributed by atoms with Crippen LogP contribution in [0.3, 0.4) is 0 Å². The molecule has 0 aliphatic carbocycles. The minimum absolute atomic E-state index is 0.0236. The van der Waals surface area contributed by atoms with Crippen molar-refractivity contribution >= 4 is 17.1 Å². The summed E-state index contributed by atoms with van der Waals surface area (Å²) >= 11 is 0. The summed E-state index contributed by atoms with van der Waals surface area (Å²) in [4.78, 5) is 21.0. The van der Waals surface area contributed by atoms with Gasteiger partial charge in [-0.05, 0) is 31.9 Å². The number of fused-ring (bicyclic) bond motifs is 1. The van der Waals surface area contributed by atoms with Crippen LogP contribution in [0.15, 0.2) is 24.3 Å². The number of nitrogens with zero attached hydrogens (tertiary/aromatic N) is 4. The number of hydrogen-bond donors (Lipinski definition) is 0. The Labute approximate surface area is 142 Å². The zero-order valence-corrected chi connectivity index (χ0v) is 14.3. The van der Waals surface area contributed by atoms with Gasteiger partial charge in [0.15, 0.2) is 0 Å². The molecule has 1 atom stereocenters. The number of likely N-dealkylation sites (tertiary alicyclic amines) is 1. The van der Waals surface area contributed by atoms with Crippen LogP contribution in [-0.4, -0.2) is 57.2 Å². The Morgan fingerprint density at radius 1 is 1.25 bits per heavy atom. The number of hydrogen-bond acceptors (Lipinski definition) is 4. The number of imidazole rings is 1. The standard InChI is InChI=1S/C18H24N4O2/c1-13-11-22(18(23)24-13)14-7-9-21(10-8-14)12-17-19-15-5-3-4-6-16(15)20(17)2/h3-6,13-14H,7-12H2,1-2H3. The van der Waals surface area contributed by atoms with Gasteiger partial charge in [-0.15, -0.1) is 0 Å². The average molecular weight is 328 g/mol. The highest BCUT2D eigenvalue weighted by Crippen LogP contribution is 2.23. The lowest BCUT2D eigenvalue weighted by molar-refractivity contribution is 0.110. The van der Waals surface area contributed by atoms with Gasteiger partial charge in [-0.3, -0.25) is 4.90 Å². The number of amides is 1. The summed E-state index contributed by atoms with van der Waals surface area (Å²) < 4.78 is 7.44. The van der Waals surface area contributed by atoms with Crippen LogP contribution in [-0.2, 0) is 18.3 Å². The second-order valence-corrected chi connectivity index (χ2v) is 6.93. The molecule has 0 saturated carbocycles. The van der Waals surface area contributed by atoms with Crippen molar-refractivity contribution in [1.82, 2.24) is 19.4 Å². The highest BCUT2D eigenvalue weighted by molar-refractivity contribution is 5.75. The van der Waals surface area contributed by atoms with Crippen LogP contribution in [0, 0.1) is 0 Å². The molecule has 0 bridgehead atoms. The van der Waals surface area contributed by atoms with Gasteiger partial charge in [-0.25, -0.2) is 9.78 Å². The molecule has 2 aromatic rings. The van der Waals surface area contributed by atoms with E-state index in [0.29, 0.717) is 6.04 Å². The molecule has 6 heteroatoms. The third-order valence-electron chi connectivity index (χ3n) is 5.23. The third-order valence-corrected chi connectivity index (χ3v) is 5.23. The Morgan fingerprint density at radius 2 is 2.00 bits per heavy atom. The van der Waals surface area contributed by atoms with Gasteiger partial charge in [-0.2, -0.15) is 0 Å². The van der Waals surface area contributed by atoms with Gasteiger partial charge in [-0.1, -0.05) is 12.1 Å². The molecule has 0 radical (unpaired) electrons. The van der Waals surface area contributed by atoms with Crippen LogP contribution >= 0.6 is 0 Å². The quantitative estimate of drug-likeness (QED) is 0.868. The molecule has 1 amide bonds. The first-order chi connectivity index (χ1) is 11.6. The van der Waals surface area contributed by atoms with E-state index >= 15 is 0 Å². The first-order valence-corrected chi connectivity index (χ1v) is 8.72. The highest BCUT2D eigenvalue weighted by atomic mass is 16.6. The van der Waals surface area contributed by atoms with Crippen molar-refractivity contribution in [3.8, 4) is 0 Å². The summed E-state index contributed by atoms with van der Waals surface area (Å²) in [5.74, 6) is 1.10. The predicted molar refractivity (Wildman–Crippen MR) is 91.7 cm³/mol. The summed E-state index contributed by atoms with van der Waals surface area (Å²) in [5.41, 5.74) is 2.23. The molecule has 0 spiro atoms. The van der Waals surface area contributed by atoms with Crippen molar-refractivity contribution in [2.45, 2.75) is 38.5 Å². The largest absolute Gasteiger partial charge is 0.444 e. The van der Waals surface area contributed by atoms with E-state index < -0.39 is 0 Å². The lowest BCUT2D eigenvalue weighted by atomic mass is 10.0. The second-order valence-electron chi connectivity index (χ2n) is 6.93. The van der Waals surface area contributed by atoms with Gasteiger partial charge in [0, 0.05) is 26.2 Å². The summed E-state index contributed by atoms with van der Waals surface area (Å²) in [7, 11) is 2.08. The minimum Gasteiger partial charge on any atom is -0.444 e. The maximum absolute atomic E-state index is 11.9. The van der Waals surface area contributed by atoms with Crippen molar-refractivity contribution in [3.05, 3.63) is 30.1 Å². The van der Waals surface area contributed by atoms with Gasteiger partial charge >= 0.3 is 6.09 Å². The molecule has 2 saturated heterocycles. The molecule has 1 aromatic heterocycles. The van der Waals surface area contributed by atoms with Gasteiger partial charge in [0.2, 0.25) is 0 Å². The van der Waals surface area contributed by atoms with E-state index in [0.717, 1.165) is 50.4 Å². The molecule has 1 aromatic carbocycles. The van der Waals surface area contributed by atoms with Crippen LogP contribution in [0.25, 0.3) is 11.0 Å². The van der Waals surface area contributed by atoms with Crippen LogP contribution in [0.1, 0.15) is 25.6 Å². The van der Waals surface area contributed by atoms with Crippen molar-refractivity contribution in [1.29, 1.82) is 0 Å². The molecule has 24 heavy (non-hydrogen) atoms. The molecule has 128 valence electrons. The van der Waals surface area contributed by atoms with Gasteiger partial charge in [0.25, 0.3) is 0 Å². The zero-order chi connectivity index (χ0) is 16.7. The number of ether oxygens (including phenoxy) is 1. The monoisotopic (exact) mass is 328 g/mol. The molecule has 2 aliphatic heterocycles. The maximum Gasteiger partial charge on any atom is 0.410 e.